The Morgan fingerprint density at radius 1 is 1.19 bits per heavy atom. The van der Waals surface area contributed by atoms with E-state index in [0.717, 1.165) is 19.3 Å². The molecule has 6 heteroatoms. The fourth-order valence-electron chi connectivity index (χ4n) is 3.15. The van der Waals surface area contributed by atoms with Crippen molar-refractivity contribution in [3.63, 3.8) is 0 Å². The van der Waals surface area contributed by atoms with Crippen molar-refractivity contribution in [2.75, 3.05) is 13.7 Å². The van der Waals surface area contributed by atoms with E-state index >= 15 is 0 Å². The largest absolute Gasteiger partial charge is 0.491 e. The molecule has 0 N–H and O–H groups in total. The number of amides is 1. The van der Waals surface area contributed by atoms with Gasteiger partial charge in [0.25, 0.3) is 5.91 Å². The number of hydrogen-bond donors (Lipinski definition) is 0. The average molecular weight is 358 g/mol. The van der Waals surface area contributed by atoms with E-state index in [1.165, 1.54) is 4.90 Å². The van der Waals surface area contributed by atoms with Crippen molar-refractivity contribution in [1.29, 1.82) is 5.26 Å². The van der Waals surface area contributed by atoms with Crippen molar-refractivity contribution >= 4 is 11.9 Å². The molecule has 0 radical (unpaired) electrons. The summed E-state index contributed by atoms with van der Waals surface area (Å²) in [5.74, 6) is -0.264. The van der Waals surface area contributed by atoms with E-state index in [2.05, 4.69) is 6.07 Å². The van der Waals surface area contributed by atoms with Gasteiger partial charge in [0.2, 0.25) is 0 Å². The molecule has 1 saturated carbocycles. The van der Waals surface area contributed by atoms with Crippen molar-refractivity contribution in [3.05, 3.63) is 29.8 Å². The molecule has 1 fully saturated rings. The Balaban J connectivity index is 1.91. The average Bonchev–Trinajstić information content (AvgIpc) is 2.65. The fraction of sp³-hybridized carbons (Fsp3) is 0.550. The Bertz CT molecular complexity index is 670. The second-order valence-corrected chi connectivity index (χ2v) is 6.92. The van der Waals surface area contributed by atoms with Crippen LogP contribution in [0.25, 0.3) is 0 Å². The Labute approximate surface area is 154 Å². The molecule has 0 atom stereocenters. The van der Waals surface area contributed by atoms with Crippen LogP contribution in [0.15, 0.2) is 24.3 Å². The summed E-state index contributed by atoms with van der Waals surface area (Å²) < 4.78 is 10.7. The molecular weight excluding hydrogens is 332 g/mol. The third-order valence-corrected chi connectivity index (χ3v) is 4.69. The van der Waals surface area contributed by atoms with Crippen LogP contribution in [-0.2, 0) is 9.53 Å². The van der Waals surface area contributed by atoms with E-state index in [4.69, 9.17) is 9.47 Å². The van der Waals surface area contributed by atoms with Gasteiger partial charge in [0, 0.05) is 7.05 Å². The van der Waals surface area contributed by atoms with Crippen LogP contribution in [0.4, 0.5) is 0 Å². The number of carbonyl (C=O) groups excluding carboxylic acids is 2. The normalized spacial score (nSPS) is 15.8. The van der Waals surface area contributed by atoms with Crippen LogP contribution >= 0.6 is 0 Å². The highest BCUT2D eigenvalue weighted by molar-refractivity contribution is 5.91. The molecule has 140 valence electrons. The quantitative estimate of drug-likeness (QED) is 0.729. The van der Waals surface area contributed by atoms with Gasteiger partial charge in [0.05, 0.1) is 17.7 Å². The molecule has 0 spiro atoms. The highest BCUT2D eigenvalue weighted by Gasteiger charge is 2.39. The van der Waals surface area contributed by atoms with Crippen LogP contribution in [0.3, 0.4) is 0 Å². The molecule has 1 aromatic carbocycles. The number of rotatable bonds is 6. The smallest absolute Gasteiger partial charge is 0.338 e. The molecule has 0 unspecified atom stereocenters. The van der Waals surface area contributed by atoms with Crippen LogP contribution < -0.4 is 4.74 Å². The molecule has 0 saturated heterocycles. The first kappa shape index (κ1) is 19.8. The van der Waals surface area contributed by atoms with E-state index in [9.17, 15) is 14.9 Å². The van der Waals surface area contributed by atoms with Gasteiger partial charge in [-0.25, -0.2) is 4.79 Å². The first-order valence-electron chi connectivity index (χ1n) is 9.00. The zero-order valence-corrected chi connectivity index (χ0v) is 15.7. The maximum absolute atomic E-state index is 12.4. The summed E-state index contributed by atoms with van der Waals surface area (Å²) in [6, 6.07) is 8.88. The molecule has 26 heavy (non-hydrogen) atoms. The third kappa shape index (κ3) is 4.75. The van der Waals surface area contributed by atoms with Crippen LogP contribution in [0, 0.1) is 11.3 Å². The second kappa shape index (κ2) is 8.70. The SMILES string of the molecule is CC(C)Oc1ccc(C(=O)OCC(=O)N(C)C2(C#N)CCCCC2)cc1. The summed E-state index contributed by atoms with van der Waals surface area (Å²) in [6.45, 7) is 3.47. The minimum atomic E-state index is -0.780. The zero-order chi connectivity index (χ0) is 19.2. The van der Waals surface area contributed by atoms with E-state index in [-0.39, 0.29) is 18.6 Å². The fourth-order valence-corrected chi connectivity index (χ4v) is 3.15. The number of likely N-dealkylation sites (N-methyl/N-ethyl adjacent to an activating group) is 1. The third-order valence-electron chi connectivity index (χ3n) is 4.69. The lowest BCUT2D eigenvalue weighted by Crippen LogP contribution is -2.51. The van der Waals surface area contributed by atoms with E-state index in [0.29, 0.717) is 24.2 Å². The van der Waals surface area contributed by atoms with Gasteiger partial charge in [-0.3, -0.25) is 4.79 Å². The van der Waals surface area contributed by atoms with Gasteiger partial charge in [-0.1, -0.05) is 19.3 Å². The summed E-state index contributed by atoms with van der Waals surface area (Å²) in [5.41, 5.74) is -0.429. The van der Waals surface area contributed by atoms with Crippen molar-refractivity contribution in [3.8, 4) is 11.8 Å². The monoisotopic (exact) mass is 358 g/mol. The maximum atomic E-state index is 12.4. The molecule has 1 aromatic rings. The molecule has 1 amide bonds. The lowest BCUT2D eigenvalue weighted by Gasteiger charge is -2.38. The topological polar surface area (TPSA) is 79.6 Å². The number of hydrogen-bond acceptors (Lipinski definition) is 5. The number of benzene rings is 1. The van der Waals surface area contributed by atoms with Crippen molar-refractivity contribution in [1.82, 2.24) is 4.90 Å². The molecule has 1 aliphatic rings. The van der Waals surface area contributed by atoms with Crippen LogP contribution in [0.5, 0.6) is 5.75 Å². The summed E-state index contributed by atoms with van der Waals surface area (Å²) in [5, 5.41) is 9.54. The molecule has 0 aromatic heterocycles. The first-order valence-corrected chi connectivity index (χ1v) is 9.00. The van der Waals surface area contributed by atoms with Gasteiger partial charge in [0.1, 0.15) is 11.3 Å². The van der Waals surface area contributed by atoms with Gasteiger partial charge in [-0.15, -0.1) is 0 Å². The minimum absolute atomic E-state index is 0.0493. The molecule has 2 rings (SSSR count). The first-order chi connectivity index (χ1) is 12.4. The van der Waals surface area contributed by atoms with Gasteiger partial charge in [0.15, 0.2) is 6.61 Å². The Hall–Kier alpha value is -2.55. The summed E-state index contributed by atoms with van der Waals surface area (Å²) >= 11 is 0. The Kier molecular flexibility index (Phi) is 6.62. The second-order valence-electron chi connectivity index (χ2n) is 6.92. The van der Waals surface area contributed by atoms with E-state index in [1.54, 1.807) is 31.3 Å². The molecule has 1 aliphatic carbocycles. The number of nitriles is 1. The number of ether oxygens (including phenoxy) is 2. The lowest BCUT2D eigenvalue weighted by molar-refractivity contribution is -0.138. The van der Waals surface area contributed by atoms with Gasteiger partial charge in [-0.05, 0) is 51.0 Å². The number of carbonyl (C=O) groups is 2. The van der Waals surface area contributed by atoms with Crippen molar-refractivity contribution in [2.45, 2.75) is 57.6 Å². The lowest BCUT2D eigenvalue weighted by atomic mass is 9.81. The molecular formula is C20H26N2O4. The van der Waals surface area contributed by atoms with Crippen LogP contribution in [-0.4, -0.2) is 42.1 Å². The highest BCUT2D eigenvalue weighted by Crippen LogP contribution is 2.32. The Morgan fingerprint density at radius 2 is 1.81 bits per heavy atom. The van der Waals surface area contributed by atoms with E-state index in [1.807, 2.05) is 13.8 Å². The Morgan fingerprint density at radius 3 is 2.35 bits per heavy atom. The van der Waals surface area contributed by atoms with Crippen LogP contribution in [0.2, 0.25) is 0 Å². The molecule has 0 bridgehead atoms. The number of nitrogens with zero attached hydrogens (tertiary/aromatic N) is 2. The van der Waals surface area contributed by atoms with Crippen molar-refractivity contribution < 1.29 is 19.1 Å². The standard InChI is InChI=1S/C20H26N2O4/c1-15(2)26-17-9-7-16(8-10-17)19(24)25-13-18(23)22(3)20(14-21)11-5-4-6-12-20/h7-10,15H,4-6,11-13H2,1-3H3. The summed E-state index contributed by atoms with van der Waals surface area (Å²) in [7, 11) is 1.61. The molecule has 6 nitrogen and oxygen atoms in total. The predicted octanol–water partition coefficient (Wildman–Crippen LogP) is 3.32. The zero-order valence-electron chi connectivity index (χ0n) is 15.7. The summed E-state index contributed by atoms with van der Waals surface area (Å²) in [4.78, 5) is 26.0. The molecule has 0 heterocycles. The summed E-state index contributed by atoms with van der Waals surface area (Å²) in [6.07, 6.45) is 4.31. The van der Waals surface area contributed by atoms with Gasteiger partial charge >= 0.3 is 5.97 Å². The molecule has 0 aliphatic heterocycles. The maximum Gasteiger partial charge on any atom is 0.338 e. The number of esters is 1. The predicted molar refractivity (Wildman–Crippen MR) is 96.7 cm³/mol. The highest BCUT2D eigenvalue weighted by atomic mass is 16.5. The minimum Gasteiger partial charge on any atom is -0.491 e. The van der Waals surface area contributed by atoms with Gasteiger partial charge in [-0.2, -0.15) is 5.26 Å². The van der Waals surface area contributed by atoms with Crippen LogP contribution in [0.1, 0.15) is 56.3 Å². The van der Waals surface area contributed by atoms with Crippen molar-refractivity contribution in [2.24, 2.45) is 0 Å². The van der Waals surface area contributed by atoms with Gasteiger partial charge < -0.3 is 14.4 Å². The van der Waals surface area contributed by atoms with E-state index < -0.39 is 11.5 Å².